The number of pyridine rings is 1. The van der Waals surface area contributed by atoms with Gasteiger partial charge in [-0.05, 0) is 17.7 Å². The molecule has 3 rings (SSSR count). The smallest absolute Gasteiger partial charge is 0.229 e. The topological polar surface area (TPSA) is 63.2 Å². The number of aromatic nitrogens is 1. The van der Waals surface area contributed by atoms with Crippen molar-refractivity contribution in [2.45, 2.75) is 12.5 Å². The molecule has 0 aliphatic carbocycles. The summed E-state index contributed by atoms with van der Waals surface area (Å²) in [6.45, 7) is 1.74. The normalized spacial score (nSPS) is 14.3. The molecule has 0 bridgehead atoms. The quantitative estimate of drug-likeness (QED) is 0.875. The Labute approximate surface area is 123 Å². The van der Waals surface area contributed by atoms with Crippen molar-refractivity contribution in [3.8, 4) is 5.75 Å². The summed E-state index contributed by atoms with van der Waals surface area (Å²) >= 11 is 0. The van der Waals surface area contributed by atoms with Gasteiger partial charge in [-0.1, -0.05) is 30.3 Å². The molecule has 1 fully saturated rings. The predicted molar refractivity (Wildman–Crippen MR) is 80.3 cm³/mol. The molecule has 0 unspecified atom stereocenters. The van der Waals surface area contributed by atoms with Gasteiger partial charge in [0, 0.05) is 13.1 Å². The number of hydrogen-bond acceptors (Lipinski definition) is 4. The van der Waals surface area contributed by atoms with Crippen LogP contribution in [0.4, 0.5) is 5.82 Å². The number of amides is 1. The molecule has 1 aromatic carbocycles. The van der Waals surface area contributed by atoms with E-state index in [0.717, 1.165) is 24.4 Å². The lowest BCUT2D eigenvalue weighted by Gasteiger charge is -2.27. The zero-order valence-electron chi connectivity index (χ0n) is 11.6. The van der Waals surface area contributed by atoms with E-state index in [1.807, 2.05) is 36.4 Å². The van der Waals surface area contributed by atoms with Gasteiger partial charge in [0.15, 0.2) is 0 Å². The van der Waals surface area contributed by atoms with Gasteiger partial charge in [-0.25, -0.2) is 4.98 Å². The van der Waals surface area contributed by atoms with Crippen molar-refractivity contribution in [1.29, 1.82) is 0 Å². The number of benzene rings is 1. The predicted octanol–water partition coefficient (Wildman–Crippen LogP) is 1.61. The van der Waals surface area contributed by atoms with Gasteiger partial charge in [0.1, 0.15) is 17.7 Å². The Morgan fingerprint density at radius 2 is 2.05 bits per heavy atom. The minimum Gasteiger partial charge on any atom is -0.486 e. The van der Waals surface area contributed by atoms with Gasteiger partial charge in [0.2, 0.25) is 5.91 Å². The Kier molecular flexibility index (Phi) is 4.12. The molecule has 0 spiro atoms. The lowest BCUT2D eigenvalue weighted by Crippen LogP contribution is -2.50. The molecule has 2 heterocycles. The Morgan fingerprint density at radius 3 is 2.67 bits per heavy atom. The summed E-state index contributed by atoms with van der Waals surface area (Å²) in [7, 11) is 0. The molecule has 1 aliphatic heterocycles. The number of rotatable bonds is 5. The van der Waals surface area contributed by atoms with Gasteiger partial charge in [0.25, 0.3) is 0 Å². The van der Waals surface area contributed by atoms with E-state index in [-0.39, 0.29) is 12.0 Å². The fraction of sp³-hybridized carbons (Fsp3) is 0.250. The van der Waals surface area contributed by atoms with Crippen LogP contribution in [0, 0.1) is 0 Å². The zero-order valence-corrected chi connectivity index (χ0v) is 11.6. The van der Waals surface area contributed by atoms with E-state index in [1.165, 1.54) is 0 Å². The van der Waals surface area contributed by atoms with Gasteiger partial charge in [0.05, 0.1) is 12.6 Å². The van der Waals surface area contributed by atoms with Gasteiger partial charge in [-0.15, -0.1) is 0 Å². The molecule has 1 saturated heterocycles. The van der Waals surface area contributed by atoms with Gasteiger partial charge < -0.3 is 15.4 Å². The summed E-state index contributed by atoms with van der Waals surface area (Å²) in [6, 6.07) is 13.2. The van der Waals surface area contributed by atoms with Crippen LogP contribution in [0.2, 0.25) is 0 Å². The van der Waals surface area contributed by atoms with Crippen LogP contribution in [0.5, 0.6) is 5.75 Å². The first-order valence-electron chi connectivity index (χ1n) is 6.97. The second kappa shape index (κ2) is 6.37. The summed E-state index contributed by atoms with van der Waals surface area (Å²) in [4.78, 5) is 16.1. The maximum Gasteiger partial charge on any atom is 0.229 e. The Hall–Kier alpha value is -2.40. The lowest BCUT2D eigenvalue weighted by atomic mass is 10.1. The zero-order chi connectivity index (χ0) is 14.5. The number of hydrogen-bond donors (Lipinski definition) is 2. The number of carbonyl (C=O) groups excluding carboxylic acids is 1. The van der Waals surface area contributed by atoms with Gasteiger partial charge >= 0.3 is 0 Å². The first-order valence-corrected chi connectivity index (χ1v) is 6.97. The van der Waals surface area contributed by atoms with Crippen LogP contribution in [0.1, 0.15) is 5.56 Å². The van der Waals surface area contributed by atoms with E-state index >= 15 is 0 Å². The van der Waals surface area contributed by atoms with E-state index in [0.29, 0.717) is 12.2 Å². The number of nitrogens with one attached hydrogen (secondary N) is 2. The number of anilines is 1. The fourth-order valence-corrected chi connectivity index (χ4v) is 2.03. The van der Waals surface area contributed by atoms with Crippen molar-refractivity contribution >= 4 is 11.7 Å². The lowest BCUT2D eigenvalue weighted by molar-refractivity contribution is -0.115. The molecule has 0 atom stereocenters. The molecule has 2 aromatic rings. The van der Waals surface area contributed by atoms with Crippen molar-refractivity contribution < 1.29 is 9.53 Å². The first kappa shape index (κ1) is 13.6. The molecule has 0 saturated carbocycles. The van der Waals surface area contributed by atoms with Crippen LogP contribution in [0.3, 0.4) is 0 Å². The van der Waals surface area contributed by atoms with Crippen LogP contribution in [0.25, 0.3) is 0 Å². The maximum atomic E-state index is 11.9. The summed E-state index contributed by atoms with van der Waals surface area (Å²) in [5.41, 5.74) is 0.979. The molecule has 0 radical (unpaired) electrons. The van der Waals surface area contributed by atoms with Gasteiger partial charge in [-0.3, -0.25) is 4.79 Å². The number of ether oxygens (including phenoxy) is 1. The third-order valence-electron chi connectivity index (χ3n) is 3.26. The van der Waals surface area contributed by atoms with E-state index in [9.17, 15) is 4.79 Å². The highest BCUT2D eigenvalue weighted by Crippen LogP contribution is 2.15. The third-order valence-corrected chi connectivity index (χ3v) is 3.26. The van der Waals surface area contributed by atoms with Crippen LogP contribution < -0.4 is 15.4 Å². The molecular formula is C16H17N3O2. The first-order chi connectivity index (χ1) is 10.3. The SMILES string of the molecule is O=C(Cc1ccccc1)Nc1ccc(OC2CNC2)cn1. The second-order valence-corrected chi connectivity index (χ2v) is 4.99. The third kappa shape index (κ3) is 3.79. The largest absolute Gasteiger partial charge is 0.486 e. The van der Waals surface area contributed by atoms with Crippen LogP contribution >= 0.6 is 0 Å². The average Bonchev–Trinajstić information content (AvgIpc) is 2.45. The van der Waals surface area contributed by atoms with Crippen molar-refractivity contribution in [2.24, 2.45) is 0 Å². The van der Waals surface area contributed by atoms with Crippen LogP contribution in [0.15, 0.2) is 48.7 Å². The van der Waals surface area contributed by atoms with E-state index in [2.05, 4.69) is 15.6 Å². The Morgan fingerprint density at radius 1 is 1.24 bits per heavy atom. The molecule has 21 heavy (non-hydrogen) atoms. The van der Waals surface area contributed by atoms with Crippen molar-refractivity contribution in [2.75, 3.05) is 18.4 Å². The minimum absolute atomic E-state index is 0.0782. The summed E-state index contributed by atoms with van der Waals surface area (Å²) in [5, 5.41) is 5.92. The average molecular weight is 283 g/mol. The molecule has 1 aromatic heterocycles. The molecule has 1 aliphatic rings. The minimum atomic E-state index is -0.0782. The molecular weight excluding hydrogens is 266 g/mol. The highest BCUT2D eigenvalue weighted by atomic mass is 16.5. The standard InChI is InChI=1S/C16H17N3O2/c20-16(8-12-4-2-1-3-5-12)19-15-7-6-13(11-18-15)21-14-9-17-10-14/h1-7,11,14,17H,8-10H2,(H,18,19,20). The number of carbonyl (C=O) groups is 1. The summed E-state index contributed by atoms with van der Waals surface area (Å²) in [5.74, 6) is 1.18. The highest BCUT2D eigenvalue weighted by Gasteiger charge is 2.18. The monoisotopic (exact) mass is 283 g/mol. The van der Waals surface area contributed by atoms with Crippen LogP contribution in [-0.4, -0.2) is 30.1 Å². The molecule has 5 nitrogen and oxygen atoms in total. The van der Waals surface area contributed by atoms with Crippen molar-refractivity contribution in [3.63, 3.8) is 0 Å². The number of nitrogens with zero attached hydrogens (tertiary/aromatic N) is 1. The summed E-state index contributed by atoms with van der Waals surface area (Å²) < 4.78 is 5.67. The van der Waals surface area contributed by atoms with Crippen LogP contribution in [-0.2, 0) is 11.2 Å². The van der Waals surface area contributed by atoms with Gasteiger partial charge in [-0.2, -0.15) is 0 Å². The fourth-order valence-electron chi connectivity index (χ4n) is 2.03. The maximum absolute atomic E-state index is 11.9. The molecule has 2 N–H and O–H groups in total. The van der Waals surface area contributed by atoms with E-state index in [1.54, 1.807) is 12.3 Å². The molecule has 5 heteroatoms. The Balaban J connectivity index is 1.53. The van der Waals surface area contributed by atoms with E-state index in [4.69, 9.17) is 4.74 Å². The second-order valence-electron chi connectivity index (χ2n) is 4.99. The van der Waals surface area contributed by atoms with E-state index < -0.39 is 0 Å². The Bertz CT molecular complexity index is 595. The summed E-state index contributed by atoms with van der Waals surface area (Å²) in [6.07, 6.45) is 2.20. The van der Waals surface area contributed by atoms with Crippen molar-refractivity contribution in [3.05, 3.63) is 54.2 Å². The molecule has 1 amide bonds. The highest BCUT2D eigenvalue weighted by molar-refractivity contribution is 5.91. The molecule has 108 valence electrons. The van der Waals surface area contributed by atoms with Crippen molar-refractivity contribution in [1.82, 2.24) is 10.3 Å².